The number of hydrogen-bond acceptors (Lipinski definition) is 4. The van der Waals surface area contributed by atoms with Crippen LogP contribution in [0, 0.1) is 12.7 Å². The van der Waals surface area contributed by atoms with Gasteiger partial charge in [-0.15, -0.1) is 0 Å². The van der Waals surface area contributed by atoms with Crippen molar-refractivity contribution in [1.29, 1.82) is 0 Å². The van der Waals surface area contributed by atoms with Crippen LogP contribution in [0.4, 0.5) is 10.2 Å². The fraction of sp³-hybridized carbons (Fsp3) is 0.0500. The molecule has 0 saturated carbocycles. The van der Waals surface area contributed by atoms with Crippen LogP contribution in [-0.4, -0.2) is 15.0 Å². The van der Waals surface area contributed by atoms with Gasteiger partial charge in [-0.2, -0.15) is 0 Å². The summed E-state index contributed by atoms with van der Waals surface area (Å²) in [6.45, 7) is 1.93. The highest BCUT2D eigenvalue weighted by atomic mass is 35.5. The molecule has 0 unspecified atom stereocenters. The second-order valence-corrected chi connectivity index (χ2v) is 6.36. The van der Waals surface area contributed by atoms with Gasteiger partial charge in [-0.05, 0) is 55.0 Å². The molecule has 2 aromatic heterocycles. The van der Waals surface area contributed by atoms with E-state index < -0.39 is 0 Å². The largest absolute Gasteiger partial charge is 0.384 e. The second kappa shape index (κ2) is 6.35. The highest BCUT2D eigenvalue weighted by Crippen LogP contribution is 2.38. The van der Waals surface area contributed by atoms with Crippen LogP contribution < -0.4 is 5.73 Å². The monoisotopic (exact) mass is 364 g/mol. The van der Waals surface area contributed by atoms with E-state index in [9.17, 15) is 4.39 Å². The number of halogens is 2. The van der Waals surface area contributed by atoms with Gasteiger partial charge in [0.25, 0.3) is 0 Å². The predicted molar refractivity (Wildman–Crippen MR) is 102 cm³/mol. The number of benzene rings is 2. The second-order valence-electron chi connectivity index (χ2n) is 5.95. The number of aryl methyl sites for hydroxylation is 1. The van der Waals surface area contributed by atoms with Crippen molar-refractivity contribution in [2.24, 2.45) is 0 Å². The molecule has 26 heavy (non-hydrogen) atoms. The first kappa shape index (κ1) is 16.4. The average molecular weight is 365 g/mol. The number of rotatable bonds is 2. The molecule has 128 valence electrons. The van der Waals surface area contributed by atoms with Gasteiger partial charge in [-0.3, -0.25) is 0 Å². The van der Waals surface area contributed by atoms with Gasteiger partial charge in [0.1, 0.15) is 18.0 Å². The highest BCUT2D eigenvalue weighted by molar-refractivity contribution is 6.34. The molecule has 4 aromatic rings. The summed E-state index contributed by atoms with van der Waals surface area (Å²) in [5.41, 5.74) is 10.6. The van der Waals surface area contributed by atoms with Crippen LogP contribution in [0.3, 0.4) is 0 Å². The van der Waals surface area contributed by atoms with E-state index in [0.29, 0.717) is 16.5 Å². The Morgan fingerprint density at radius 2 is 1.69 bits per heavy atom. The normalized spacial score (nSPS) is 11.0. The average Bonchev–Trinajstić information content (AvgIpc) is 2.62. The molecular formula is C20H14ClFN4. The maximum absolute atomic E-state index is 13.3. The molecule has 0 radical (unpaired) electrons. The van der Waals surface area contributed by atoms with E-state index in [1.165, 1.54) is 12.1 Å². The summed E-state index contributed by atoms with van der Waals surface area (Å²) in [6.07, 6.45) is 1.54. The van der Waals surface area contributed by atoms with E-state index in [0.717, 1.165) is 33.3 Å². The van der Waals surface area contributed by atoms with Crippen molar-refractivity contribution in [3.63, 3.8) is 0 Å². The summed E-state index contributed by atoms with van der Waals surface area (Å²) < 4.78 is 13.3. The van der Waals surface area contributed by atoms with E-state index in [4.69, 9.17) is 17.3 Å². The van der Waals surface area contributed by atoms with E-state index in [1.807, 2.05) is 25.1 Å². The van der Waals surface area contributed by atoms with E-state index >= 15 is 0 Å². The lowest BCUT2D eigenvalue weighted by atomic mass is 9.97. The molecule has 0 atom stereocenters. The lowest BCUT2D eigenvalue weighted by Gasteiger charge is -2.13. The molecule has 0 amide bonds. The van der Waals surface area contributed by atoms with Crippen LogP contribution >= 0.6 is 11.6 Å². The molecule has 0 aliphatic carbocycles. The fourth-order valence-electron chi connectivity index (χ4n) is 2.96. The lowest BCUT2D eigenvalue weighted by Crippen LogP contribution is -1.97. The molecular weight excluding hydrogens is 351 g/mol. The summed E-state index contributed by atoms with van der Waals surface area (Å²) in [6, 6.07) is 13.5. The van der Waals surface area contributed by atoms with Crippen LogP contribution in [0.2, 0.25) is 5.02 Å². The molecule has 0 saturated heterocycles. The van der Waals surface area contributed by atoms with Crippen molar-refractivity contribution in [3.8, 4) is 22.4 Å². The molecule has 6 heteroatoms. The van der Waals surface area contributed by atoms with Gasteiger partial charge >= 0.3 is 0 Å². The number of hydrogen-bond donors (Lipinski definition) is 1. The zero-order valence-electron chi connectivity index (χ0n) is 13.9. The Labute approximate surface area is 154 Å². The predicted octanol–water partition coefficient (Wildman–Crippen LogP) is 5.04. The zero-order chi connectivity index (χ0) is 18.3. The number of aromatic nitrogens is 3. The first-order valence-corrected chi connectivity index (χ1v) is 8.34. The summed E-state index contributed by atoms with van der Waals surface area (Å²) >= 11 is 6.52. The zero-order valence-corrected chi connectivity index (χ0v) is 14.6. The Balaban J connectivity index is 1.99. The van der Waals surface area contributed by atoms with Gasteiger partial charge in [0.15, 0.2) is 0 Å². The minimum atomic E-state index is -0.316. The van der Waals surface area contributed by atoms with Crippen LogP contribution in [0.1, 0.15) is 5.69 Å². The van der Waals surface area contributed by atoms with Gasteiger partial charge in [0, 0.05) is 22.2 Å². The third-order valence-electron chi connectivity index (χ3n) is 4.23. The van der Waals surface area contributed by atoms with Crippen molar-refractivity contribution in [2.75, 3.05) is 5.73 Å². The molecule has 0 aliphatic rings. The SMILES string of the molecule is Cc1ncnc2ccc(-c3c(Cl)cc(N)nc3-c3ccc(F)cc3)cc12. The molecule has 4 rings (SSSR count). The van der Waals surface area contributed by atoms with E-state index in [2.05, 4.69) is 15.0 Å². The highest BCUT2D eigenvalue weighted by Gasteiger charge is 2.16. The molecule has 4 nitrogen and oxygen atoms in total. The summed E-state index contributed by atoms with van der Waals surface area (Å²) in [5.74, 6) is -0.0119. The molecule has 2 aromatic carbocycles. The molecule has 0 bridgehead atoms. The van der Waals surface area contributed by atoms with E-state index in [-0.39, 0.29) is 5.82 Å². The third kappa shape index (κ3) is 2.86. The molecule has 2 heterocycles. The Hall–Kier alpha value is -3.05. The number of fused-ring (bicyclic) bond motifs is 1. The molecule has 0 fully saturated rings. The first-order chi connectivity index (χ1) is 12.5. The standard InChI is InChI=1S/C20H14ClFN4/c1-11-15-8-13(4-7-17(15)25-10-24-11)19-16(21)9-18(23)26-20(19)12-2-5-14(22)6-3-12/h2-10H,1H3,(H2,23,26). The fourth-order valence-corrected chi connectivity index (χ4v) is 3.28. The van der Waals surface area contributed by atoms with Crippen molar-refractivity contribution in [3.05, 3.63) is 71.4 Å². The molecule has 0 aliphatic heterocycles. The van der Waals surface area contributed by atoms with Crippen LogP contribution in [0.25, 0.3) is 33.3 Å². The van der Waals surface area contributed by atoms with Gasteiger partial charge in [-0.25, -0.2) is 19.3 Å². The van der Waals surface area contributed by atoms with Crippen LogP contribution in [0.5, 0.6) is 0 Å². The Kier molecular flexibility index (Phi) is 4.01. The third-order valence-corrected chi connectivity index (χ3v) is 4.53. The number of nitrogen functional groups attached to an aromatic ring is 1. The number of nitrogens with two attached hydrogens (primary N) is 1. The lowest BCUT2D eigenvalue weighted by molar-refractivity contribution is 0.628. The Bertz CT molecular complexity index is 1130. The summed E-state index contributed by atoms with van der Waals surface area (Å²) in [7, 11) is 0. The quantitative estimate of drug-likeness (QED) is 0.541. The summed E-state index contributed by atoms with van der Waals surface area (Å²) in [5, 5.41) is 1.41. The van der Waals surface area contributed by atoms with E-state index in [1.54, 1.807) is 24.5 Å². The van der Waals surface area contributed by atoms with Crippen molar-refractivity contribution in [1.82, 2.24) is 15.0 Å². The van der Waals surface area contributed by atoms with Gasteiger partial charge in [-0.1, -0.05) is 17.7 Å². The van der Waals surface area contributed by atoms with Gasteiger partial charge in [0.05, 0.1) is 16.2 Å². The Morgan fingerprint density at radius 1 is 0.962 bits per heavy atom. The smallest absolute Gasteiger partial charge is 0.125 e. The maximum Gasteiger partial charge on any atom is 0.125 e. The minimum Gasteiger partial charge on any atom is -0.384 e. The number of anilines is 1. The van der Waals surface area contributed by atoms with Crippen molar-refractivity contribution in [2.45, 2.75) is 6.92 Å². The van der Waals surface area contributed by atoms with Crippen molar-refractivity contribution >= 4 is 28.3 Å². The van der Waals surface area contributed by atoms with Gasteiger partial charge < -0.3 is 5.73 Å². The molecule has 0 spiro atoms. The van der Waals surface area contributed by atoms with Crippen LogP contribution in [0.15, 0.2) is 54.9 Å². The first-order valence-electron chi connectivity index (χ1n) is 7.96. The van der Waals surface area contributed by atoms with Crippen LogP contribution in [-0.2, 0) is 0 Å². The number of pyridine rings is 1. The molecule has 2 N–H and O–H groups in total. The Morgan fingerprint density at radius 3 is 2.46 bits per heavy atom. The minimum absolute atomic E-state index is 0.304. The van der Waals surface area contributed by atoms with Crippen molar-refractivity contribution < 1.29 is 4.39 Å². The topological polar surface area (TPSA) is 64.7 Å². The maximum atomic E-state index is 13.3. The summed E-state index contributed by atoms with van der Waals surface area (Å²) in [4.78, 5) is 13.0. The van der Waals surface area contributed by atoms with Gasteiger partial charge in [0.2, 0.25) is 0 Å². The number of nitrogens with zero attached hydrogens (tertiary/aromatic N) is 3.